The topological polar surface area (TPSA) is 96.0 Å². The molecule has 192 valence electrons. The minimum Gasteiger partial charge on any atom is -0.459 e. The third-order valence-corrected chi connectivity index (χ3v) is 9.90. The average Bonchev–Trinajstić information content (AvgIpc) is 2.99. The van der Waals surface area contributed by atoms with Crippen molar-refractivity contribution in [2.45, 2.75) is 77.0 Å². The number of rotatable bonds is 6. The number of hydrogen-bond acceptors (Lipinski definition) is 5. The van der Waals surface area contributed by atoms with Crippen LogP contribution in [0.3, 0.4) is 0 Å². The van der Waals surface area contributed by atoms with Crippen LogP contribution >= 0.6 is 0 Å². The van der Waals surface area contributed by atoms with E-state index in [0.29, 0.717) is 12.1 Å². The minimum atomic E-state index is -3.75. The number of carbonyl (C=O) groups excluding carboxylic acids is 2. The second-order valence-corrected chi connectivity index (χ2v) is 14.0. The molecular weight excluding hydrogens is 466 g/mol. The standard InChI is InChI=1S/C26H37N3O5S/c1-25(2,3)34-23(30)17-29-9-8-28(35(29,32)33)16-18-4-6-22(7-5-18)24(31)27-26-13-19-10-20(14-26)12-21(11-19)15-26/h4-7,19-21H,8-17H2,1-3H3,(H,27,31). The highest BCUT2D eigenvalue weighted by molar-refractivity contribution is 7.87. The SMILES string of the molecule is CC(C)(C)OC(=O)CN1CCN(Cc2ccc(C(=O)NC34CC5CC(CC(C5)C3)C4)cc2)S1(=O)=O. The fourth-order valence-corrected chi connectivity index (χ4v) is 8.53. The van der Waals surface area contributed by atoms with E-state index < -0.39 is 21.8 Å². The van der Waals surface area contributed by atoms with Crippen LogP contribution in [0.2, 0.25) is 0 Å². The first-order valence-electron chi connectivity index (χ1n) is 12.8. The van der Waals surface area contributed by atoms with Gasteiger partial charge in [-0.05, 0) is 94.7 Å². The predicted molar refractivity (Wildman–Crippen MR) is 132 cm³/mol. The number of esters is 1. The Balaban J connectivity index is 1.18. The van der Waals surface area contributed by atoms with Gasteiger partial charge in [-0.15, -0.1) is 0 Å². The van der Waals surface area contributed by atoms with E-state index in [-0.39, 0.29) is 31.1 Å². The molecule has 0 aromatic heterocycles. The van der Waals surface area contributed by atoms with Crippen LogP contribution in [0.5, 0.6) is 0 Å². The van der Waals surface area contributed by atoms with Crippen LogP contribution in [0.15, 0.2) is 24.3 Å². The fraction of sp³-hybridized carbons (Fsp3) is 0.692. The first-order chi connectivity index (χ1) is 16.4. The van der Waals surface area contributed by atoms with Crippen molar-refractivity contribution in [1.82, 2.24) is 13.9 Å². The van der Waals surface area contributed by atoms with Gasteiger partial charge in [-0.2, -0.15) is 17.0 Å². The molecule has 0 unspecified atom stereocenters. The molecule has 4 bridgehead atoms. The van der Waals surface area contributed by atoms with Crippen LogP contribution in [0.4, 0.5) is 0 Å². The van der Waals surface area contributed by atoms with Crippen LogP contribution in [0.1, 0.15) is 75.2 Å². The summed E-state index contributed by atoms with van der Waals surface area (Å²) in [5, 5.41) is 3.39. The van der Waals surface area contributed by atoms with E-state index in [0.717, 1.165) is 46.9 Å². The highest BCUT2D eigenvalue weighted by Crippen LogP contribution is 2.55. The molecule has 1 saturated heterocycles. The summed E-state index contributed by atoms with van der Waals surface area (Å²) >= 11 is 0. The third kappa shape index (κ3) is 5.27. The molecule has 1 amide bonds. The maximum Gasteiger partial charge on any atom is 0.321 e. The monoisotopic (exact) mass is 503 g/mol. The first kappa shape index (κ1) is 24.7. The Hall–Kier alpha value is -1.97. The zero-order chi connectivity index (χ0) is 25.0. The maximum atomic E-state index is 13.1. The second-order valence-electron chi connectivity index (χ2n) is 12.1. The maximum absolute atomic E-state index is 13.1. The van der Waals surface area contributed by atoms with Gasteiger partial charge < -0.3 is 10.1 Å². The summed E-state index contributed by atoms with van der Waals surface area (Å²) in [6.07, 6.45) is 7.32. The summed E-state index contributed by atoms with van der Waals surface area (Å²) in [6, 6.07) is 7.21. The highest BCUT2D eigenvalue weighted by Gasteiger charge is 2.51. The summed E-state index contributed by atoms with van der Waals surface area (Å²) in [6.45, 7) is 5.71. The molecule has 9 heteroatoms. The van der Waals surface area contributed by atoms with Crippen molar-refractivity contribution in [2.24, 2.45) is 17.8 Å². The van der Waals surface area contributed by atoms with E-state index in [9.17, 15) is 18.0 Å². The van der Waals surface area contributed by atoms with Crippen LogP contribution in [0.25, 0.3) is 0 Å². The summed E-state index contributed by atoms with van der Waals surface area (Å²) in [5.41, 5.74) is 0.717. The Labute approximate surface area is 208 Å². The molecule has 5 fully saturated rings. The van der Waals surface area contributed by atoms with E-state index in [2.05, 4.69) is 5.32 Å². The molecule has 1 aromatic rings. The molecule has 4 saturated carbocycles. The highest BCUT2D eigenvalue weighted by atomic mass is 32.2. The van der Waals surface area contributed by atoms with Crippen molar-refractivity contribution in [1.29, 1.82) is 0 Å². The lowest BCUT2D eigenvalue weighted by atomic mass is 9.53. The smallest absolute Gasteiger partial charge is 0.321 e. The molecule has 1 aliphatic heterocycles. The van der Waals surface area contributed by atoms with Gasteiger partial charge in [-0.1, -0.05) is 12.1 Å². The van der Waals surface area contributed by atoms with E-state index in [1.165, 1.54) is 23.6 Å². The van der Waals surface area contributed by atoms with Gasteiger partial charge in [0, 0.05) is 30.7 Å². The quantitative estimate of drug-likeness (QED) is 0.602. The molecule has 1 heterocycles. The summed E-state index contributed by atoms with van der Waals surface area (Å²) in [4.78, 5) is 25.2. The second kappa shape index (κ2) is 8.85. The Morgan fingerprint density at radius 3 is 2.06 bits per heavy atom. The number of hydrogen-bond donors (Lipinski definition) is 1. The van der Waals surface area contributed by atoms with E-state index in [4.69, 9.17) is 4.74 Å². The molecule has 0 atom stereocenters. The lowest BCUT2D eigenvalue weighted by Gasteiger charge is -2.56. The van der Waals surface area contributed by atoms with Crippen LogP contribution in [-0.2, 0) is 26.3 Å². The molecule has 1 N–H and O–H groups in total. The number of amides is 1. The zero-order valence-corrected chi connectivity index (χ0v) is 21.8. The van der Waals surface area contributed by atoms with E-state index in [1.807, 2.05) is 12.1 Å². The molecule has 6 rings (SSSR count). The van der Waals surface area contributed by atoms with Crippen molar-refractivity contribution in [3.63, 3.8) is 0 Å². The molecule has 5 aliphatic rings. The molecule has 35 heavy (non-hydrogen) atoms. The van der Waals surface area contributed by atoms with Crippen molar-refractivity contribution in [3.05, 3.63) is 35.4 Å². The van der Waals surface area contributed by atoms with Crippen molar-refractivity contribution in [2.75, 3.05) is 19.6 Å². The normalized spacial score (nSPS) is 32.0. The molecule has 4 aliphatic carbocycles. The van der Waals surface area contributed by atoms with Gasteiger partial charge in [0.15, 0.2) is 0 Å². The number of nitrogens with one attached hydrogen (secondary N) is 1. The number of nitrogens with zero attached hydrogens (tertiary/aromatic N) is 2. The lowest BCUT2D eigenvalue weighted by molar-refractivity contribution is -0.154. The zero-order valence-electron chi connectivity index (χ0n) is 21.0. The van der Waals surface area contributed by atoms with E-state index in [1.54, 1.807) is 32.9 Å². The Morgan fingerprint density at radius 1 is 0.971 bits per heavy atom. The average molecular weight is 504 g/mol. The van der Waals surface area contributed by atoms with Crippen molar-refractivity contribution >= 4 is 22.1 Å². The molecular formula is C26H37N3O5S. The number of benzene rings is 1. The lowest BCUT2D eigenvalue weighted by Crippen LogP contribution is -2.59. The van der Waals surface area contributed by atoms with Gasteiger partial charge in [-0.3, -0.25) is 9.59 Å². The summed E-state index contributed by atoms with van der Waals surface area (Å²) < 4.78 is 33.6. The van der Waals surface area contributed by atoms with Crippen molar-refractivity contribution in [3.8, 4) is 0 Å². The Bertz CT molecular complexity index is 1060. The summed E-state index contributed by atoms with van der Waals surface area (Å²) in [7, 11) is -3.75. The Kier molecular flexibility index (Phi) is 6.25. The third-order valence-electron chi connectivity index (χ3n) is 7.97. The van der Waals surface area contributed by atoms with Gasteiger partial charge in [0.05, 0.1) is 0 Å². The largest absolute Gasteiger partial charge is 0.459 e. The first-order valence-corrected chi connectivity index (χ1v) is 14.2. The molecule has 1 aromatic carbocycles. The summed E-state index contributed by atoms with van der Waals surface area (Å²) in [5.74, 6) is 1.71. The van der Waals surface area contributed by atoms with Crippen LogP contribution in [0, 0.1) is 17.8 Å². The number of carbonyl (C=O) groups is 2. The van der Waals surface area contributed by atoms with Gasteiger partial charge in [0.1, 0.15) is 12.1 Å². The number of ether oxygens (including phenoxy) is 1. The van der Waals surface area contributed by atoms with Gasteiger partial charge in [-0.25, -0.2) is 0 Å². The van der Waals surface area contributed by atoms with Gasteiger partial charge in [0.2, 0.25) is 0 Å². The van der Waals surface area contributed by atoms with Crippen LogP contribution < -0.4 is 5.32 Å². The molecule has 8 nitrogen and oxygen atoms in total. The van der Waals surface area contributed by atoms with E-state index >= 15 is 0 Å². The predicted octanol–water partition coefficient (Wildman–Crippen LogP) is 3.09. The van der Waals surface area contributed by atoms with Crippen LogP contribution in [-0.4, -0.2) is 59.7 Å². The van der Waals surface area contributed by atoms with Crippen molar-refractivity contribution < 1.29 is 22.7 Å². The van der Waals surface area contributed by atoms with Gasteiger partial charge >= 0.3 is 5.97 Å². The minimum absolute atomic E-state index is 0.0316. The van der Waals surface area contributed by atoms with Gasteiger partial charge in [0.25, 0.3) is 16.1 Å². The molecule has 0 radical (unpaired) electrons. The molecule has 0 spiro atoms. The Morgan fingerprint density at radius 2 is 1.51 bits per heavy atom. The fourth-order valence-electron chi connectivity index (χ4n) is 7.00.